The maximum absolute atomic E-state index is 6.26. The first-order chi connectivity index (χ1) is 9.18. The number of benzene rings is 1. The van der Waals surface area contributed by atoms with Crippen LogP contribution in [0.1, 0.15) is 38.8 Å². The average molecular weight is 270 g/mol. The number of fused-ring (bicyclic) bond motifs is 2. The predicted octanol–water partition coefficient (Wildman–Crippen LogP) is 3.04. The van der Waals surface area contributed by atoms with Gasteiger partial charge < -0.3 is 21.4 Å². The SMILES string of the molecule is CC(C)(N)c1c[nH]c2cc3[nH]cc(C(C)(C)N)c3cc12. The van der Waals surface area contributed by atoms with Crippen LogP contribution in [0.15, 0.2) is 24.5 Å². The van der Waals surface area contributed by atoms with E-state index in [9.17, 15) is 0 Å². The van der Waals surface area contributed by atoms with Gasteiger partial charge in [0.2, 0.25) is 0 Å². The Balaban J connectivity index is 2.36. The summed E-state index contributed by atoms with van der Waals surface area (Å²) in [5.41, 5.74) is 16.2. The predicted molar refractivity (Wildman–Crippen MR) is 84.6 cm³/mol. The molecule has 0 saturated carbocycles. The number of H-pyrrole nitrogens is 2. The van der Waals surface area contributed by atoms with E-state index in [0.717, 1.165) is 32.9 Å². The monoisotopic (exact) mass is 270 g/mol. The van der Waals surface area contributed by atoms with Crippen molar-refractivity contribution >= 4 is 21.8 Å². The van der Waals surface area contributed by atoms with Crippen LogP contribution in [0.3, 0.4) is 0 Å². The van der Waals surface area contributed by atoms with E-state index in [1.807, 2.05) is 40.1 Å². The first-order valence-electron chi connectivity index (χ1n) is 6.89. The molecule has 0 spiro atoms. The molecule has 0 aliphatic carbocycles. The van der Waals surface area contributed by atoms with Gasteiger partial charge in [-0.15, -0.1) is 0 Å². The second-order valence-electron chi connectivity index (χ2n) is 6.79. The highest BCUT2D eigenvalue weighted by Crippen LogP contribution is 2.33. The number of nitrogens with one attached hydrogen (secondary N) is 2. The average Bonchev–Trinajstić information content (AvgIpc) is 2.85. The van der Waals surface area contributed by atoms with Crippen molar-refractivity contribution in [3.8, 4) is 0 Å². The normalized spacial score (nSPS) is 13.5. The number of aromatic nitrogens is 2. The fourth-order valence-electron chi connectivity index (χ4n) is 2.81. The molecule has 2 aromatic heterocycles. The van der Waals surface area contributed by atoms with Crippen LogP contribution in [0.25, 0.3) is 21.8 Å². The van der Waals surface area contributed by atoms with E-state index in [0.29, 0.717) is 0 Å². The van der Waals surface area contributed by atoms with E-state index in [1.165, 1.54) is 0 Å². The van der Waals surface area contributed by atoms with Crippen molar-refractivity contribution in [2.75, 3.05) is 0 Å². The van der Waals surface area contributed by atoms with Crippen molar-refractivity contribution in [2.24, 2.45) is 11.5 Å². The highest BCUT2D eigenvalue weighted by molar-refractivity contribution is 5.99. The molecule has 6 N–H and O–H groups in total. The standard InChI is InChI=1S/C16H22N4/c1-15(2,17)11-7-19-13-6-14-10(5-9(11)13)12(8-20-14)16(3,4)18/h5-8,19-20H,17-18H2,1-4H3. The lowest BCUT2D eigenvalue weighted by Gasteiger charge is -2.19. The molecule has 0 unspecified atom stereocenters. The topological polar surface area (TPSA) is 83.6 Å². The Bertz CT molecular complexity index is 715. The summed E-state index contributed by atoms with van der Waals surface area (Å²) in [6, 6.07) is 4.31. The van der Waals surface area contributed by atoms with E-state index in [-0.39, 0.29) is 11.1 Å². The minimum absolute atomic E-state index is 0.374. The van der Waals surface area contributed by atoms with Crippen LogP contribution in [0, 0.1) is 0 Å². The van der Waals surface area contributed by atoms with Crippen molar-refractivity contribution in [3.05, 3.63) is 35.7 Å². The van der Waals surface area contributed by atoms with Crippen LogP contribution in [0.4, 0.5) is 0 Å². The summed E-state index contributed by atoms with van der Waals surface area (Å²) < 4.78 is 0. The maximum Gasteiger partial charge on any atom is 0.0478 e. The van der Waals surface area contributed by atoms with Crippen LogP contribution < -0.4 is 11.5 Å². The van der Waals surface area contributed by atoms with Gasteiger partial charge in [0.15, 0.2) is 0 Å². The zero-order valence-corrected chi connectivity index (χ0v) is 12.5. The van der Waals surface area contributed by atoms with Crippen molar-refractivity contribution < 1.29 is 0 Å². The fourth-order valence-corrected chi connectivity index (χ4v) is 2.81. The van der Waals surface area contributed by atoms with Gasteiger partial charge >= 0.3 is 0 Å². The molecule has 3 aromatic rings. The minimum atomic E-state index is -0.374. The molecule has 0 radical (unpaired) electrons. The summed E-state index contributed by atoms with van der Waals surface area (Å²) in [7, 11) is 0. The maximum atomic E-state index is 6.26. The molecule has 2 heterocycles. The molecule has 4 heteroatoms. The largest absolute Gasteiger partial charge is 0.361 e. The zero-order chi connectivity index (χ0) is 14.7. The van der Waals surface area contributed by atoms with Gasteiger partial charge in [0.1, 0.15) is 0 Å². The second-order valence-corrected chi connectivity index (χ2v) is 6.79. The molecule has 0 aliphatic rings. The molecule has 20 heavy (non-hydrogen) atoms. The van der Waals surface area contributed by atoms with E-state index in [4.69, 9.17) is 11.5 Å². The molecular weight excluding hydrogens is 248 g/mol. The Morgan fingerprint density at radius 3 is 1.50 bits per heavy atom. The third-order valence-corrected chi connectivity index (χ3v) is 3.87. The van der Waals surface area contributed by atoms with Gasteiger partial charge in [-0.3, -0.25) is 0 Å². The van der Waals surface area contributed by atoms with E-state index < -0.39 is 0 Å². The summed E-state index contributed by atoms with van der Waals surface area (Å²) in [6.45, 7) is 8.07. The molecule has 4 nitrogen and oxygen atoms in total. The number of aromatic amines is 2. The second kappa shape index (κ2) is 3.87. The Morgan fingerprint density at radius 2 is 1.15 bits per heavy atom. The van der Waals surface area contributed by atoms with Crippen molar-refractivity contribution in [3.63, 3.8) is 0 Å². The smallest absolute Gasteiger partial charge is 0.0478 e. The first-order valence-corrected chi connectivity index (χ1v) is 6.89. The lowest BCUT2D eigenvalue weighted by Crippen LogP contribution is -2.28. The van der Waals surface area contributed by atoms with Gasteiger partial charge in [0.25, 0.3) is 0 Å². The summed E-state index contributed by atoms with van der Waals surface area (Å²) in [4.78, 5) is 6.61. The Morgan fingerprint density at radius 1 is 0.750 bits per heavy atom. The van der Waals surface area contributed by atoms with Crippen molar-refractivity contribution in [2.45, 2.75) is 38.8 Å². The molecule has 0 bridgehead atoms. The number of rotatable bonds is 2. The summed E-state index contributed by atoms with van der Waals surface area (Å²) in [6.07, 6.45) is 3.99. The van der Waals surface area contributed by atoms with E-state index in [1.54, 1.807) is 0 Å². The minimum Gasteiger partial charge on any atom is -0.361 e. The van der Waals surface area contributed by atoms with Gasteiger partial charge in [-0.1, -0.05) is 0 Å². The number of hydrogen-bond acceptors (Lipinski definition) is 2. The summed E-state index contributed by atoms with van der Waals surface area (Å²) in [5, 5.41) is 2.32. The van der Waals surface area contributed by atoms with Crippen LogP contribution >= 0.6 is 0 Å². The highest BCUT2D eigenvalue weighted by Gasteiger charge is 2.22. The molecule has 1 aromatic carbocycles. The molecule has 0 saturated heterocycles. The van der Waals surface area contributed by atoms with Crippen molar-refractivity contribution in [1.29, 1.82) is 0 Å². The van der Waals surface area contributed by atoms with Crippen LogP contribution in [0.5, 0.6) is 0 Å². The number of nitrogens with two attached hydrogens (primary N) is 2. The van der Waals surface area contributed by atoms with Gasteiger partial charge in [-0.25, -0.2) is 0 Å². The highest BCUT2D eigenvalue weighted by atomic mass is 14.8. The van der Waals surface area contributed by atoms with E-state index in [2.05, 4.69) is 22.1 Å². The first kappa shape index (κ1) is 13.2. The van der Waals surface area contributed by atoms with Crippen LogP contribution in [-0.4, -0.2) is 9.97 Å². The molecule has 0 fully saturated rings. The third kappa shape index (κ3) is 1.92. The molecule has 0 aliphatic heterocycles. The molecule has 0 amide bonds. The van der Waals surface area contributed by atoms with E-state index >= 15 is 0 Å². The van der Waals surface area contributed by atoms with Crippen molar-refractivity contribution in [1.82, 2.24) is 9.97 Å². The fraction of sp³-hybridized carbons (Fsp3) is 0.375. The van der Waals surface area contributed by atoms with Gasteiger partial charge in [-0.2, -0.15) is 0 Å². The lowest BCUT2D eigenvalue weighted by atomic mass is 9.92. The molecular formula is C16H22N4. The molecule has 106 valence electrons. The molecule has 3 rings (SSSR count). The molecule has 0 atom stereocenters. The summed E-state index contributed by atoms with van der Waals surface area (Å²) >= 11 is 0. The quantitative estimate of drug-likeness (QED) is 0.577. The summed E-state index contributed by atoms with van der Waals surface area (Å²) in [5.74, 6) is 0. The van der Waals surface area contributed by atoms with Gasteiger partial charge in [-0.05, 0) is 51.0 Å². The van der Waals surface area contributed by atoms with Gasteiger partial charge in [0.05, 0.1) is 0 Å². The van der Waals surface area contributed by atoms with Gasteiger partial charge in [0, 0.05) is 45.3 Å². The Kier molecular flexibility index (Phi) is 2.56. The Labute approximate surface area is 118 Å². The van der Waals surface area contributed by atoms with Crippen LogP contribution in [0.2, 0.25) is 0 Å². The third-order valence-electron chi connectivity index (χ3n) is 3.87. The lowest BCUT2D eigenvalue weighted by molar-refractivity contribution is 0.559. The Hall–Kier alpha value is -1.78. The number of hydrogen-bond donors (Lipinski definition) is 4. The zero-order valence-electron chi connectivity index (χ0n) is 12.5. The van der Waals surface area contributed by atoms with Crippen LogP contribution in [-0.2, 0) is 11.1 Å².